The minimum absolute atomic E-state index is 0.0429. The highest BCUT2D eigenvalue weighted by Crippen LogP contribution is 2.28. The number of esters is 1. The van der Waals surface area contributed by atoms with E-state index in [0.717, 1.165) is 10.0 Å². The van der Waals surface area contributed by atoms with Crippen molar-refractivity contribution < 1.29 is 23.5 Å². The summed E-state index contributed by atoms with van der Waals surface area (Å²) >= 11 is 3.44. The third kappa shape index (κ3) is 4.40. The number of ether oxygens (including phenoxy) is 2. The van der Waals surface area contributed by atoms with Crippen LogP contribution in [-0.4, -0.2) is 28.8 Å². The smallest absolute Gasteiger partial charge is 0.337 e. The van der Waals surface area contributed by atoms with Crippen molar-refractivity contribution in [1.82, 2.24) is 9.97 Å². The van der Waals surface area contributed by atoms with Gasteiger partial charge in [0.05, 0.1) is 29.3 Å². The van der Waals surface area contributed by atoms with Crippen molar-refractivity contribution in [1.29, 1.82) is 0 Å². The lowest BCUT2D eigenvalue weighted by Gasteiger charge is -2.10. The van der Waals surface area contributed by atoms with Crippen LogP contribution in [0.4, 0.5) is 4.39 Å². The number of halogens is 2. The normalized spacial score (nSPS) is 10.9. The first-order chi connectivity index (χ1) is 15.4. The number of benzene rings is 3. The van der Waals surface area contributed by atoms with E-state index in [0.29, 0.717) is 33.7 Å². The van der Waals surface area contributed by atoms with Crippen LogP contribution in [0.1, 0.15) is 33.2 Å². The third-order valence-electron chi connectivity index (χ3n) is 4.95. The average Bonchev–Trinajstić information content (AvgIpc) is 3.20. The first-order valence-corrected chi connectivity index (χ1v) is 10.4. The number of rotatable bonds is 6. The van der Waals surface area contributed by atoms with Crippen LogP contribution >= 0.6 is 15.9 Å². The zero-order valence-corrected chi connectivity index (χ0v) is 18.8. The molecule has 0 saturated heterocycles. The maximum absolute atomic E-state index is 14.8. The quantitative estimate of drug-likeness (QED) is 0.273. The average molecular weight is 497 g/mol. The van der Waals surface area contributed by atoms with Crippen molar-refractivity contribution in [2.75, 3.05) is 7.11 Å². The first kappa shape index (κ1) is 21.7. The largest absolute Gasteiger partial charge is 0.489 e. The van der Waals surface area contributed by atoms with Crippen molar-refractivity contribution in [2.45, 2.75) is 13.5 Å². The number of nitrogens with one attached hydrogen (secondary N) is 1. The van der Waals surface area contributed by atoms with Crippen LogP contribution in [0, 0.1) is 5.82 Å². The Morgan fingerprint density at radius 1 is 1.06 bits per heavy atom. The van der Waals surface area contributed by atoms with E-state index in [4.69, 9.17) is 9.47 Å². The molecular weight excluding hydrogens is 479 g/mol. The van der Waals surface area contributed by atoms with Crippen LogP contribution in [0.15, 0.2) is 59.1 Å². The van der Waals surface area contributed by atoms with Gasteiger partial charge in [0.2, 0.25) is 0 Å². The highest BCUT2D eigenvalue weighted by molar-refractivity contribution is 9.10. The number of nitrogens with zero attached hydrogens (tertiary/aromatic N) is 1. The van der Waals surface area contributed by atoms with Crippen molar-refractivity contribution >= 4 is 38.7 Å². The lowest BCUT2D eigenvalue weighted by Crippen LogP contribution is -2.00. The van der Waals surface area contributed by atoms with E-state index >= 15 is 0 Å². The summed E-state index contributed by atoms with van der Waals surface area (Å²) in [6.45, 7) is 1.66. The van der Waals surface area contributed by atoms with Gasteiger partial charge in [-0.2, -0.15) is 0 Å². The van der Waals surface area contributed by atoms with Gasteiger partial charge in [-0.05, 0) is 49.4 Å². The van der Waals surface area contributed by atoms with Gasteiger partial charge < -0.3 is 14.5 Å². The van der Waals surface area contributed by atoms with Crippen LogP contribution in [0.3, 0.4) is 0 Å². The Morgan fingerprint density at radius 2 is 1.84 bits per heavy atom. The predicted octanol–water partition coefficient (Wildman–Crippen LogP) is 5.70. The maximum Gasteiger partial charge on any atom is 0.337 e. The Bertz CT molecular complexity index is 1350. The summed E-state index contributed by atoms with van der Waals surface area (Å²) < 4.78 is 26.1. The molecule has 0 spiro atoms. The van der Waals surface area contributed by atoms with Crippen LogP contribution < -0.4 is 4.74 Å². The molecule has 0 radical (unpaired) electrons. The molecule has 0 fully saturated rings. The van der Waals surface area contributed by atoms with Gasteiger partial charge in [0.25, 0.3) is 0 Å². The van der Waals surface area contributed by atoms with E-state index in [9.17, 15) is 14.0 Å². The molecule has 0 atom stereocenters. The van der Waals surface area contributed by atoms with E-state index < -0.39 is 11.8 Å². The van der Waals surface area contributed by atoms with Gasteiger partial charge in [-0.3, -0.25) is 4.79 Å². The molecular formula is C24H18BrFN2O4. The molecule has 0 aliphatic heterocycles. The van der Waals surface area contributed by atoms with E-state index in [1.807, 2.05) is 0 Å². The Morgan fingerprint density at radius 3 is 2.56 bits per heavy atom. The summed E-state index contributed by atoms with van der Waals surface area (Å²) in [5.74, 6) is -0.334. The van der Waals surface area contributed by atoms with E-state index in [-0.39, 0.29) is 18.0 Å². The number of fused-ring (bicyclic) bond motifs is 1. The number of carbonyl (C=O) groups excluding carboxylic acids is 2. The number of H-pyrrole nitrogens is 1. The summed E-state index contributed by atoms with van der Waals surface area (Å²) in [4.78, 5) is 30.7. The number of carbonyl (C=O) groups is 2. The standard InChI is InChI=1S/C24H18BrFN2O4/c1-13(29)14-3-7-19(25)16(9-14)12-32-17-5-6-18(20(26)11-17)23-27-21-8-4-15(24(30)31-2)10-22(21)28-23/h3-11H,12H2,1-2H3,(H,27,28). The summed E-state index contributed by atoms with van der Waals surface area (Å²) in [5, 5.41) is 0. The minimum Gasteiger partial charge on any atom is -0.489 e. The molecule has 0 unspecified atom stereocenters. The molecule has 32 heavy (non-hydrogen) atoms. The summed E-state index contributed by atoms with van der Waals surface area (Å²) in [7, 11) is 1.31. The second kappa shape index (κ2) is 8.92. The molecule has 3 aromatic carbocycles. The van der Waals surface area contributed by atoms with E-state index in [2.05, 4.69) is 25.9 Å². The number of imidazole rings is 1. The number of hydrogen-bond acceptors (Lipinski definition) is 5. The van der Waals surface area contributed by atoms with Gasteiger partial charge in [-0.15, -0.1) is 0 Å². The highest BCUT2D eigenvalue weighted by Gasteiger charge is 2.14. The van der Waals surface area contributed by atoms with Gasteiger partial charge in [0, 0.05) is 21.7 Å². The zero-order chi connectivity index (χ0) is 22.8. The fourth-order valence-electron chi connectivity index (χ4n) is 3.23. The van der Waals surface area contributed by atoms with Crippen molar-refractivity contribution in [3.63, 3.8) is 0 Å². The second-order valence-corrected chi connectivity index (χ2v) is 7.96. The van der Waals surface area contributed by atoms with Crippen molar-refractivity contribution in [2.24, 2.45) is 0 Å². The summed E-state index contributed by atoms with van der Waals surface area (Å²) in [5.41, 5.74) is 3.20. The molecule has 1 heterocycles. The monoisotopic (exact) mass is 496 g/mol. The van der Waals surface area contributed by atoms with Crippen LogP contribution in [0.2, 0.25) is 0 Å². The molecule has 1 N–H and O–H groups in total. The van der Waals surface area contributed by atoms with Gasteiger partial charge in [-0.25, -0.2) is 14.2 Å². The maximum atomic E-state index is 14.8. The highest BCUT2D eigenvalue weighted by atomic mass is 79.9. The van der Waals surface area contributed by atoms with E-state index in [1.165, 1.54) is 20.1 Å². The van der Waals surface area contributed by atoms with Crippen LogP contribution in [0.25, 0.3) is 22.4 Å². The third-order valence-corrected chi connectivity index (χ3v) is 5.72. The molecule has 0 aliphatic carbocycles. The Hall–Kier alpha value is -3.52. The Balaban J connectivity index is 1.55. The molecule has 6 nitrogen and oxygen atoms in total. The molecule has 1 aromatic heterocycles. The number of methoxy groups -OCH3 is 1. The SMILES string of the molecule is COC(=O)c1ccc2nc(-c3ccc(OCc4cc(C(C)=O)ccc4Br)cc3F)[nH]c2c1. The summed E-state index contributed by atoms with van der Waals surface area (Å²) in [6, 6.07) is 14.6. The fourth-order valence-corrected chi connectivity index (χ4v) is 3.59. The number of aromatic nitrogens is 2. The first-order valence-electron chi connectivity index (χ1n) is 9.66. The minimum atomic E-state index is -0.508. The Labute approximate surface area is 191 Å². The van der Waals surface area contributed by atoms with Gasteiger partial charge >= 0.3 is 5.97 Å². The lowest BCUT2D eigenvalue weighted by molar-refractivity contribution is 0.0600. The van der Waals surface area contributed by atoms with Gasteiger partial charge in [0.1, 0.15) is 24.0 Å². The van der Waals surface area contributed by atoms with Gasteiger partial charge in [-0.1, -0.05) is 22.0 Å². The number of Topliss-reactive ketones (excluding diaryl/α,β-unsaturated/α-hetero) is 1. The Kier molecular flexibility index (Phi) is 6.05. The molecule has 0 saturated carbocycles. The van der Waals surface area contributed by atoms with Gasteiger partial charge in [0.15, 0.2) is 5.78 Å². The molecule has 8 heteroatoms. The molecule has 4 rings (SSSR count). The van der Waals surface area contributed by atoms with Crippen molar-refractivity contribution in [3.8, 4) is 17.1 Å². The van der Waals surface area contributed by atoms with E-state index in [1.54, 1.807) is 48.5 Å². The van der Waals surface area contributed by atoms with Crippen molar-refractivity contribution in [3.05, 3.63) is 81.6 Å². The fraction of sp³-hybridized carbons (Fsp3) is 0.125. The summed E-state index contributed by atoms with van der Waals surface area (Å²) in [6.07, 6.45) is 0. The second-order valence-electron chi connectivity index (χ2n) is 7.10. The molecule has 4 aromatic rings. The van der Waals surface area contributed by atoms with Crippen LogP contribution in [-0.2, 0) is 11.3 Å². The number of ketones is 1. The molecule has 0 aliphatic rings. The predicted molar refractivity (Wildman–Crippen MR) is 121 cm³/mol. The number of aromatic amines is 1. The topological polar surface area (TPSA) is 81.3 Å². The zero-order valence-electron chi connectivity index (χ0n) is 17.2. The molecule has 0 bridgehead atoms. The number of hydrogen-bond donors (Lipinski definition) is 1. The van der Waals surface area contributed by atoms with Crippen LogP contribution in [0.5, 0.6) is 5.75 Å². The lowest BCUT2D eigenvalue weighted by atomic mass is 10.1. The molecule has 0 amide bonds. The molecule has 162 valence electrons.